The number of carbonyl (C=O) groups excluding carboxylic acids is 2. The molecule has 0 bridgehead atoms. The van der Waals surface area contributed by atoms with Gasteiger partial charge in [-0.25, -0.2) is 4.79 Å². The summed E-state index contributed by atoms with van der Waals surface area (Å²) in [5.74, 6) is 0.0147. The third-order valence-electron chi connectivity index (χ3n) is 5.90. The minimum atomic E-state index is -0.170. The number of hydrogen-bond acceptors (Lipinski definition) is 3. The summed E-state index contributed by atoms with van der Waals surface area (Å²) in [7, 11) is 0. The molecule has 170 valence electrons. The van der Waals surface area contributed by atoms with Crippen LogP contribution in [0.5, 0.6) is 0 Å². The summed E-state index contributed by atoms with van der Waals surface area (Å²) < 4.78 is 0. The summed E-state index contributed by atoms with van der Waals surface area (Å²) in [5, 5.41) is 8.99. The van der Waals surface area contributed by atoms with Gasteiger partial charge in [0.25, 0.3) is 0 Å². The van der Waals surface area contributed by atoms with Gasteiger partial charge in [-0.2, -0.15) is 0 Å². The maximum atomic E-state index is 12.6. The number of para-hydroxylation sites is 2. The molecule has 0 spiro atoms. The topological polar surface area (TPSA) is 73.5 Å². The van der Waals surface area contributed by atoms with Gasteiger partial charge in [-0.1, -0.05) is 66.7 Å². The fourth-order valence-electron chi connectivity index (χ4n) is 4.11. The van der Waals surface area contributed by atoms with Crippen LogP contribution in [0.4, 0.5) is 16.2 Å². The molecule has 3 aromatic rings. The van der Waals surface area contributed by atoms with Crippen molar-refractivity contribution in [2.24, 2.45) is 0 Å². The average molecular weight is 443 g/mol. The molecule has 6 nitrogen and oxygen atoms in total. The van der Waals surface area contributed by atoms with Gasteiger partial charge in [0.05, 0.1) is 0 Å². The lowest BCUT2D eigenvalue weighted by atomic mass is 10.0. The predicted octanol–water partition coefficient (Wildman–Crippen LogP) is 4.97. The van der Waals surface area contributed by atoms with Crippen molar-refractivity contribution in [3.63, 3.8) is 0 Å². The summed E-state index contributed by atoms with van der Waals surface area (Å²) >= 11 is 0. The molecule has 0 saturated carbocycles. The van der Waals surface area contributed by atoms with Crippen molar-refractivity contribution in [3.05, 3.63) is 84.9 Å². The van der Waals surface area contributed by atoms with Gasteiger partial charge < -0.3 is 20.9 Å². The second kappa shape index (κ2) is 11.3. The molecular weight excluding hydrogens is 412 g/mol. The summed E-state index contributed by atoms with van der Waals surface area (Å²) in [6.07, 6.45) is 2.19. The van der Waals surface area contributed by atoms with E-state index in [1.165, 1.54) is 0 Å². The molecule has 4 rings (SSSR count). The first-order chi connectivity index (χ1) is 16.2. The molecule has 1 heterocycles. The fourth-order valence-corrected chi connectivity index (χ4v) is 4.11. The number of benzene rings is 3. The molecule has 33 heavy (non-hydrogen) atoms. The highest BCUT2D eigenvalue weighted by atomic mass is 16.2. The van der Waals surface area contributed by atoms with Crippen LogP contribution in [0.25, 0.3) is 11.1 Å². The number of anilines is 2. The van der Waals surface area contributed by atoms with E-state index in [9.17, 15) is 9.59 Å². The van der Waals surface area contributed by atoms with Crippen molar-refractivity contribution >= 4 is 23.3 Å². The Labute approximate surface area is 195 Å². The monoisotopic (exact) mass is 442 g/mol. The Kier molecular flexibility index (Phi) is 7.72. The van der Waals surface area contributed by atoms with Gasteiger partial charge in [-0.05, 0) is 36.6 Å². The van der Waals surface area contributed by atoms with E-state index in [4.69, 9.17) is 0 Å². The van der Waals surface area contributed by atoms with E-state index in [0.29, 0.717) is 13.0 Å². The summed E-state index contributed by atoms with van der Waals surface area (Å²) in [6.45, 7) is 2.44. The molecule has 0 atom stereocenters. The van der Waals surface area contributed by atoms with Crippen LogP contribution >= 0.6 is 0 Å². The Hall–Kier alpha value is -3.64. The molecule has 3 amide bonds. The van der Waals surface area contributed by atoms with E-state index in [0.717, 1.165) is 48.4 Å². The van der Waals surface area contributed by atoms with Crippen LogP contribution in [0.1, 0.15) is 19.3 Å². The molecule has 0 aliphatic carbocycles. The van der Waals surface area contributed by atoms with Gasteiger partial charge in [0, 0.05) is 49.0 Å². The number of rotatable bonds is 7. The zero-order valence-corrected chi connectivity index (χ0v) is 18.7. The zero-order chi connectivity index (χ0) is 22.9. The van der Waals surface area contributed by atoms with Gasteiger partial charge in [0.15, 0.2) is 0 Å². The molecule has 1 aliphatic rings. The largest absolute Gasteiger partial charge is 0.335 e. The summed E-state index contributed by atoms with van der Waals surface area (Å²) in [6, 6.07) is 27.4. The van der Waals surface area contributed by atoms with Crippen LogP contribution in [0, 0.1) is 0 Å². The molecule has 3 aromatic carbocycles. The Morgan fingerprint density at radius 3 is 2.15 bits per heavy atom. The lowest BCUT2D eigenvalue weighted by molar-refractivity contribution is -0.116. The summed E-state index contributed by atoms with van der Waals surface area (Å²) in [5.41, 5.74) is 3.72. The fraction of sp³-hybridized carbons (Fsp3) is 0.259. The highest BCUT2D eigenvalue weighted by Gasteiger charge is 2.21. The van der Waals surface area contributed by atoms with Crippen molar-refractivity contribution < 1.29 is 9.59 Å². The predicted molar refractivity (Wildman–Crippen MR) is 133 cm³/mol. The van der Waals surface area contributed by atoms with Crippen molar-refractivity contribution in [1.82, 2.24) is 10.2 Å². The average Bonchev–Trinajstić information content (AvgIpc) is 2.85. The number of nitrogens with zero attached hydrogens (tertiary/aromatic N) is 1. The van der Waals surface area contributed by atoms with E-state index >= 15 is 0 Å². The normalized spacial score (nSPS) is 14.4. The van der Waals surface area contributed by atoms with E-state index in [1.807, 2.05) is 84.9 Å². The maximum Gasteiger partial charge on any atom is 0.319 e. The number of urea groups is 1. The highest BCUT2D eigenvalue weighted by Crippen LogP contribution is 2.27. The Morgan fingerprint density at radius 1 is 0.788 bits per heavy atom. The quantitative estimate of drug-likeness (QED) is 0.484. The second-order valence-electron chi connectivity index (χ2n) is 8.29. The van der Waals surface area contributed by atoms with Crippen molar-refractivity contribution in [3.8, 4) is 11.1 Å². The molecule has 3 N–H and O–H groups in total. The third-order valence-corrected chi connectivity index (χ3v) is 5.90. The molecule has 0 aromatic heterocycles. The van der Waals surface area contributed by atoms with E-state index in [2.05, 4.69) is 20.9 Å². The maximum absolute atomic E-state index is 12.6. The first-order valence-electron chi connectivity index (χ1n) is 11.5. The summed E-state index contributed by atoms with van der Waals surface area (Å²) in [4.78, 5) is 27.1. The van der Waals surface area contributed by atoms with E-state index < -0.39 is 0 Å². The van der Waals surface area contributed by atoms with Gasteiger partial charge in [0.2, 0.25) is 5.91 Å². The minimum Gasteiger partial charge on any atom is -0.335 e. The van der Waals surface area contributed by atoms with Gasteiger partial charge in [-0.3, -0.25) is 4.79 Å². The lowest BCUT2D eigenvalue weighted by Crippen LogP contribution is -2.46. The molecule has 6 heteroatoms. The van der Waals surface area contributed by atoms with Crippen molar-refractivity contribution in [2.45, 2.75) is 25.3 Å². The molecule has 1 aliphatic heterocycles. The number of piperidine rings is 1. The highest BCUT2D eigenvalue weighted by molar-refractivity contribution is 5.95. The van der Waals surface area contributed by atoms with Gasteiger partial charge in [-0.15, -0.1) is 0 Å². The van der Waals surface area contributed by atoms with E-state index in [-0.39, 0.29) is 18.0 Å². The van der Waals surface area contributed by atoms with Crippen LogP contribution in [0.15, 0.2) is 84.9 Å². The zero-order valence-electron chi connectivity index (χ0n) is 18.7. The first-order valence-corrected chi connectivity index (χ1v) is 11.5. The standard InChI is InChI=1S/C27H30N4O2/c32-26(30-25-14-8-7-13-24(25)21-9-3-1-4-10-21)17-20-31-18-15-23(16-19-31)29-27(33)28-22-11-5-2-6-12-22/h1-14,23H,15-20H2,(H,30,32)(H2,28,29,33). The number of amides is 3. The van der Waals surface area contributed by atoms with Crippen LogP contribution in [0.2, 0.25) is 0 Å². The Balaban J connectivity index is 1.20. The van der Waals surface area contributed by atoms with Gasteiger partial charge in [0.1, 0.15) is 0 Å². The Morgan fingerprint density at radius 2 is 1.42 bits per heavy atom. The number of nitrogens with one attached hydrogen (secondary N) is 3. The molecule has 1 fully saturated rings. The van der Waals surface area contributed by atoms with Crippen molar-refractivity contribution in [1.29, 1.82) is 0 Å². The molecule has 0 radical (unpaired) electrons. The van der Waals surface area contributed by atoms with Crippen LogP contribution in [0.3, 0.4) is 0 Å². The lowest BCUT2D eigenvalue weighted by Gasteiger charge is -2.32. The Bertz CT molecular complexity index is 1050. The van der Waals surface area contributed by atoms with Crippen LogP contribution < -0.4 is 16.0 Å². The third kappa shape index (κ3) is 6.67. The SMILES string of the molecule is O=C(CCN1CCC(NC(=O)Nc2ccccc2)CC1)Nc1ccccc1-c1ccccc1. The van der Waals surface area contributed by atoms with Crippen molar-refractivity contribution in [2.75, 3.05) is 30.3 Å². The first kappa shape index (κ1) is 22.6. The molecule has 0 unspecified atom stereocenters. The van der Waals surface area contributed by atoms with Gasteiger partial charge >= 0.3 is 6.03 Å². The molecule has 1 saturated heterocycles. The molecular formula is C27H30N4O2. The number of hydrogen-bond donors (Lipinski definition) is 3. The number of likely N-dealkylation sites (tertiary alicyclic amines) is 1. The second-order valence-corrected chi connectivity index (χ2v) is 8.29. The van der Waals surface area contributed by atoms with Crippen LogP contribution in [-0.2, 0) is 4.79 Å². The van der Waals surface area contributed by atoms with E-state index in [1.54, 1.807) is 0 Å². The smallest absolute Gasteiger partial charge is 0.319 e. The van der Waals surface area contributed by atoms with Crippen LogP contribution in [-0.4, -0.2) is 42.5 Å². The number of carbonyl (C=O) groups is 2. The minimum absolute atomic E-state index is 0.0147.